The van der Waals surface area contributed by atoms with Crippen LogP contribution in [0.3, 0.4) is 0 Å². The van der Waals surface area contributed by atoms with Gasteiger partial charge < -0.3 is 15.5 Å². The van der Waals surface area contributed by atoms with Gasteiger partial charge >= 0.3 is 6.03 Å². The molecule has 1 aliphatic carbocycles. The highest BCUT2D eigenvalue weighted by Gasteiger charge is 2.28. The number of amides is 3. The van der Waals surface area contributed by atoms with Gasteiger partial charge in [0.25, 0.3) is 0 Å². The minimum atomic E-state index is -0.0176. The normalized spacial score (nSPS) is 28.0. The maximum atomic E-state index is 12.2. The Morgan fingerprint density at radius 2 is 1.60 bits per heavy atom. The molecule has 0 spiro atoms. The fourth-order valence-corrected chi connectivity index (χ4v) is 3.23. The highest BCUT2D eigenvalue weighted by atomic mass is 16.2. The number of nitrogens with zero attached hydrogens (tertiary/aromatic N) is 1. The van der Waals surface area contributed by atoms with Gasteiger partial charge in [-0.15, -0.1) is 0 Å². The van der Waals surface area contributed by atoms with E-state index in [-0.39, 0.29) is 23.9 Å². The molecule has 3 amide bonds. The van der Waals surface area contributed by atoms with E-state index in [1.54, 1.807) is 7.05 Å². The number of carbonyl (C=O) groups excluding carboxylic acids is 2. The lowest BCUT2D eigenvalue weighted by Crippen LogP contribution is -2.49. The summed E-state index contributed by atoms with van der Waals surface area (Å²) in [6.45, 7) is 3.72. The van der Waals surface area contributed by atoms with Crippen molar-refractivity contribution in [2.24, 2.45) is 11.8 Å². The van der Waals surface area contributed by atoms with Crippen LogP contribution < -0.4 is 10.6 Å². The number of hydrogen-bond acceptors (Lipinski definition) is 2. The SMILES string of the molecule is CNC(=O)N1CCC(NC(=O)C2CCC(C)CC2)CC1. The Balaban J connectivity index is 1.72. The summed E-state index contributed by atoms with van der Waals surface area (Å²) in [5.41, 5.74) is 0. The number of piperidine rings is 1. The van der Waals surface area contributed by atoms with Crippen LogP contribution in [0.25, 0.3) is 0 Å². The smallest absolute Gasteiger partial charge is 0.317 e. The van der Waals surface area contributed by atoms with Crippen LogP contribution in [0.15, 0.2) is 0 Å². The van der Waals surface area contributed by atoms with Gasteiger partial charge in [0.2, 0.25) is 5.91 Å². The van der Waals surface area contributed by atoms with Crippen molar-refractivity contribution in [2.75, 3.05) is 20.1 Å². The number of carbonyl (C=O) groups is 2. The highest BCUT2D eigenvalue weighted by molar-refractivity contribution is 5.79. The molecule has 5 nitrogen and oxygen atoms in total. The Labute approximate surface area is 121 Å². The maximum absolute atomic E-state index is 12.2. The van der Waals surface area contributed by atoms with Gasteiger partial charge in [-0.25, -0.2) is 4.79 Å². The lowest BCUT2D eigenvalue weighted by molar-refractivity contribution is -0.127. The number of nitrogens with one attached hydrogen (secondary N) is 2. The first-order chi connectivity index (χ1) is 9.60. The topological polar surface area (TPSA) is 61.4 Å². The third-order valence-corrected chi connectivity index (χ3v) is 4.73. The summed E-state index contributed by atoms with van der Waals surface area (Å²) in [6, 6.07) is 0.221. The van der Waals surface area contributed by atoms with Crippen LogP contribution in [0.4, 0.5) is 4.79 Å². The third kappa shape index (κ3) is 3.87. The molecule has 2 N–H and O–H groups in total. The first kappa shape index (κ1) is 15.1. The molecule has 0 atom stereocenters. The minimum Gasteiger partial charge on any atom is -0.353 e. The van der Waals surface area contributed by atoms with E-state index in [4.69, 9.17) is 0 Å². The van der Waals surface area contributed by atoms with Gasteiger partial charge in [-0.2, -0.15) is 0 Å². The molecule has 0 aromatic rings. The zero-order valence-corrected chi connectivity index (χ0v) is 12.7. The lowest BCUT2D eigenvalue weighted by Gasteiger charge is -2.33. The molecule has 5 heteroatoms. The zero-order valence-electron chi connectivity index (χ0n) is 12.7. The van der Waals surface area contributed by atoms with Gasteiger partial charge in [-0.1, -0.05) is 6.92 Å². The van der Waals surface area contributed by atoms with E-state index in [1.165, 1.54) is 12.8 Å². The van der Waals surface area contributed by atoms with Gasteiger partial charge in [-0.3, -0.25) is 4.79 Å². The molecule has 114 valence electrons. The number of rotatable bonds is 2. The quantitative estimate of drug-likeness (QED) is 0.810. The second kappa shape index (κ2) is 6.95. The lowest BCUT2D eigenvalue weighted by atomic mass is 9.82. The van der Waals surface area contributed by atoms with Gasteiger partial charge in [0.1, 0.15) is 0 Å². The summed E-state index contributed by atoms with van der Waals surface area (Å²) in [6.07, 6.45) is 6.14. The number of likely N-dealkylation sites (tertiary alicyclic amines) is 1. The van der Waals surface area contributed by atoms with Crippen molar-refractivity contribution >= 4 is 11.9 Å². The molecule has 0 unspecified atom stereocenters. The average Bonchev–Trinajstić information content (AvgIpc) is 2.48. The van der Waals surface area contributed by atoms with E-state index in [9.17, 15) is 9.59 Å². The molecule has 1 heterocycles. The summed E-state index contributed by atoms with van der Waals surface area (Å²) in [5.74, 6) is 1.22. The maximum Gasteiger partial charge on any atom is 0.317 e. The predicted molar refractivity (Wildman–Crippen MR) is 78.3 cm³/mol. The summed E-state index contributed by atoms with van der Waals surface area (Å²) in [4.78, 5) is 25.6. The first-order valence-electron chi connectivity index (χ1n) is 7.87. The van der Waals surface area contributed by atoms with Gasteiger partial charge in [0, 0.05) is 32.1 Å². The fraction of sp³-hybridized carbons (Fsp3) is 0.867. The average molecular weight is 281 g/mol. The molecule has 20 heavy (non-hydrogen) atoms. The summed E-state index contributed by atoms with van der Waals surface area (Å²) < 4.78 is 0. The summed E-state index contributed by atoms with van der Waals surface area (Å²) in [7, 11) is 1.65. The molecule has 1 saturated carbocycles. The molecule has 0 aromatic heterocycles. The Bertz CT molecular complexity index is 343. The second-order valence-corrected chi connectivity index (χ2v) is 6.28. The molecule has 1 saturated heterocycles. The molecule has 1 aliphatic heterocycles. The number of urea groups is 1. The van der Waals surface area contributed by atoms with Crippen LogP contribution in [0.1, 0.15) is 45.4 Å². The predicted octanol–water partition coefficient (Wildman–Crippen LogP) is 1.73. The van der Waals surface area contributed by atoms with Crippen molar-refractivity contribution in [3.63, 3.8) is 0 Å². The fourth-order valence-electron chi connectivity index (χ4n) is 3.23. The Hall–Kier alpha value is -1.26. The van der Waals surface area contributed by atoms with E-state index >= 15 is 0 Å². The minimum absolute atomic E-state index is 0.0176. The van der Waals surface area contributed by atoms with Crippen LogP contribution in [-0.4, -0.2) is 43.0 Å². The van der Waals surface area contributed by atoms with Gasteiger partial charge in [0.05, 0.1) is 0 Å². The van der Waals surface area contributed by atoms with Crippen molar-refractivity contribution in [3.05, 3.63) is 0 Å². The van der Waals surface area contributed by atoms with E-state index in [0.29, 0.717) is 0 Å². The Morgan fingerprint density at radius 3 is 2.15 bits per heavy atom. The van der Waals surface area contributed by atoms with Gasteiger partial charge in [0.15, 0.2) is 0 Å². The molecule has 0 radical (unpaired) electrons. The molecule has 2 aliphatic rings. The van der Waals surface area contributed by atoms with Crippen molar-refractivity contribution < 1.29 is 9.59 Å². The summed E-state index contributed by atoms with van der Waals surface area (Å²) in [5, 5.41) is 5.83. The zero-order chi connectivity index (χ0) is 14.5. The van der Waals surface area contributed by atoms with Crippen LogP contribution >= 0.6 is 0 Å². The first-order valence-corrected chi connectivity index (χ1v) is 7.87. The van der Waals surface area contributed by atoms with Crippen LogP contribution in [0.2, 0.25) is 0 Å². The van der Waals surface area contributed by atoms with Crippen molar-refractivity contribution in [3.8, 4) is 0 Å². The molecule has 2 fully saturated rings. The van der Waals surface area contributed by atoms with Crippen molar-refractivity contribution in [2.45, 2.75) is 51.5 Å². The van der Waals surface area contributed by atoms with E-state index in [0.717, 1.165) is 44.7 Å². The van der Waals surface area contributed by atoms with Crippen molar-refractivity contribution in [1.29, 1.82) is 0 Å². The van der Waals surface area contributed by atoms with Gasteiger partial charge in [-0.05, 0) is 44.4 Å². The molecule has 2 rings (SSSR count). The monoisotopic (exact) mass is 281 g/mol. The summed E-state index contributed by atoms with van der Waals surface area (Å²) >= 11 is 0. The Kier molecular flexibility index (Phi) is 5.26. The van der Waals surface area contributed by atoms with E-state index in [2.05, 4.69) is 17.6 Å². The molecule has 0 bridgehead atoms. The standard InChI is InChI=1S/C15H27N3O2/c1-11-3-5-12(6-4-11)14(19)17-13-7-9-18(10-8-13)15(20)16-2/h11-13H,3-10H2,1-2H3,(H,16,20)(H,17,19). The third-order valence-electron chi connectivity index (χ3n) is 4.73. The second-order valence-electron chi connectivity index (χ2n) is 6.28. The van der Waals surface area contributed by atoms with Crippen LogP contribution in [-0.2, 0) is 4.79 Å². The largest absolute Gasteiger partial charge is 0.353 e. The van der Waals surface area contributed by atoms with Crippen LogP contribution in [0.5, 0.6) is 0 Å². The molecular weight excluding hydrogens is 254 g/mol. The Morgan fingerprint density at radius 1 is 1.00 bits per heavy atom. The van der Waals surface area contributed by atoms with Crippen molar-refractivity contribution in [1.82, 2.24) is 15.5 Å². The molecular formula is C15H27N3O2. The number of hydrogen-bond donors (Lipinski definition) is 2. The van der Waals surface area contributed by atoms with E-state index in [1.807, 2.05) is 4.90 Å². The van der Waals surface area contributed by atoms with Crippen LogP contribution in [0, 0.1) is 11.8 Å². The molecule has 0 aromatic carbocycles. The highest BCUT2D eigenvalue weighted by Crippen LogP contribution is 2.28. The van der Waals surface area contributed by atoms with E-state index < -0.39 is 0 Å².